The van der Waals surface area contributed by atoms with Gasteiger partial charge in [-0.3, -0.25) is 9.59 Å². The third kappa shape index (κ3) is 3.57. The van der Waals surface area contributed by atoms with Crippen molar-refractivity contribution in [3.63, 3.8) is 0 Å². The minimum absolute atomic E-state index is 0.0356. The number of rotatable bonds is 5. The van der Waals surface area contributed by atoms with Crippen molar-refractivity contribution in [1.82, 2.24) is 14.8 Å². The van der Waals surface area contributed by atoms with Crippen molar-refractivity contribution in [3.05, 3.63) is 30.0 Å². The molecule has 0 spiro atoms. The third-order valence-electron chi connectivity index (χ3n) is 6.76. The van der Waals surface area contributed by atoms with Gasteiger partial charge < -0.3 is 19.5 Å². The van der Waals surface area contributed by atoms with Crippen LogP contribution in [0.3, 0.4) is 0 Å². The maximum atomic E-state index is 13.6. The molecule has 1 saturated carbocycles. The van der Waals surface area contributed by atoms with E-state index in [4.69, 9.17) is 4.74 Å². The average Bonchev–Trinajstić information content (AvgIpc) is 2.91. The van der Waals surface area contributed by atoms with E-state index < -0.39 is 5.54 Å². The second kappa shape index (κ2) is 8.32. The van der Waals surface area contributed by atoms with Crippen molar-refractivity contribution in [1.29, 1.82) is 0 Å². The van der Waals surface area contributed by atoms with Crippen LogP contribution in [-0.2, 0) is 11.3 Å². The summed E-state index contributed by atoms with van der Waals surface area (Å²) >= 11 is 0. The summed E-state index contributed by atoms with van der Waals surface area (Å²) in [6.45, 7) is 4.98. The van der Waals surface area contributed by atoms with Crippen molar-refractivity contribution in [2.24, 2.45) is 0 Å². The number of hydrogen-bond acceptors (Lipinski definition) is 3. The molecule has 162 valence electrons. The van der Waals surface area contributed by atoms with E-state index in [9.17, 15) is 9.59 Å². The summed E-state index contributed by atoms with van der Waals surface area (Å²) in [5.41, 5.74) is 0.662. The predicted molar refractivity (Wildman–Crippen MR) is 118 cm³/mol. The van der Waals surface area contributed by atoms with E-state index in [1.807, 2.05) is 42.7 Å². The fourth-order valence-corrected chi connectivity index (χ4v) is 5.00. The average molecular weight is 412 g/mol. The standard InChI is InChI=1S/C24H33N3O3/c1-4-13-27-22(28)21-14-17-11-12-19(30-3)15-20(17)26(21)16-24(27,2)23(29)25-18-9-7-5-6-8-10-18/h11-12,14-15,18H,4-10,13,16H2,1-3H3,(H,25,29). The topological polar surface area (TPSA) is 63.6 Å². The maximum Gasteiger partial charge on any atom is 0.271 e. The maximum absolute atomic E-state index is 13.6. The Morgan fingerprint density at radius 1 is 1.20 bits per heavy atom. The van der Waals surface area contributed by atoms with Gasteiger partial charge in [-0.25, -0.2) is 0 Å². The molecule has 6 nitrogen and oxygen atoms in total. The Bertz CT molecular complexity index is 943. The molecule has 0 radical (unpaired) electrons. The van der Waals surface area contributed by atoms with Crippen LogP contribution in [-0.4, -0.2) is 46.5 Å². The minimum Gasteiger partial charge on any atom is -0.497 e. The fraction of sp³-hybridized carbons (Fsp3) is 0.583. The van der Waals surface area contributed by atoms with E-state index in [0.29, 0.717) is 18.8 Å². The highest BCUT2D eigenvalue weighted by Crippen LogP contribution is 2.34. The van der Waals surface area contributed by atoms with Crippen molar-refractivity contribution < 1.29 is 14.3 Å². The zero-order chi connectivity index (χ0) is 21.3. The van der Waals surface area contributed by atoms with E-state index in [2.05, 4.69) is 5.32 Å². The molecular weight excluding hydrogens is 378 g/mol. The number of nitrogens with zero attached hydrogens (tertiary/aromatic N) is 2. The Labute approximate surface area is 178 Å². The van der Waals surface area contributed by atoms with Gasteiger partial charge in [0.2, 0.25) is 5.91 Å². The molecule has 0 saturated heterocycles. The molecule has 1 atom stereocenters. The first-order valence-electron chi connectivity index (χ1n) is 11.3. The van der Waals surface area contributed by atoms with Crippen molar-refractivity contribution >= 4 is 22.7 Å². The molecule has 1 aromatic heterocycles. The number of fused-ring (bicyclic) bond motifs is 3. The largest absolute Gasteiger partial charge is 0.497 e. The smallest absolute Gasteiger partial charge is 0.271 e. The van der Waals surface area contributed by atoms with Crippen LogP contribution in [0.15, 0.2) is 24.3 Å². The summed E-state index contributed by atoms with van der Waals surface area (Å²) in [7, 11) is 1.64. The van der Waals surface area contributed by atoms with E-state index in [0.717, 1.165) is 48.8 Å². The van der Waals surface area contributed by atoms with Crippen LogP contribution in [0.2, 0.25) is 0 Å². The summed E-state index contributed by atoms with van der Waals surface area (Å²) in [6, 6.07) is 7.96. The molecule has 2 aromatic rings. The van der Waals surface area contributed by atoms with Crippen LogP contribution in [0.5, 0.6) is 5.75 Å². The number of ether oxygens (including phenoxy) is 1. The van der Waals surface area contributed by atoms with E-state index in [1.54, 1.807) is 12.0 Å². The highest BCUT2D eigenvalue weighted by atomic mass is 16.5. The van der Waals surface area contributed by atoms with Crippen molar-refractivity contribution in [3.8, 4) is 5.75 Å². The molecule has 1 N–H and O–H groups in total. The fourth-order valence-electron chi connectivity index (χ4n) is 5.00. The molecule has 2 aliphatic rings. The Kier molecular flexibility index (Phi) is 5.76. The number of aromatic nitrogens is 1. The number of amides is 2. The van der Waals surface area contributed by atoms with Crippen LogP contribution in [0, 0.1) is 0 Å². The van der Waals surface area contributed by atoms with Crippen LogP contribution < -0.4 is 10.1 Å². The quantitative estimate of drug-likeness (QED) is 0.753. The van der Waals surface area contributed by atoms with Gasteiger partial charge in [0.15, 0.2) is 0 Å². The summed E-state index contributed by atoms with van der Waals surface area (Å²) in [6.07, 6.45) is 7.66. The number of carbonyl (C=O) groups is 2. The summed E-state index contributed by atoms with van der Waals surface area (Å²) in [4.78, 5) is 28.9. The predicted octanol–water partition coefficient (Wildman–Crippen LogP) is 4.11. The molecule has 2 amide bonds. The molecule has 1 aromatic carbocycles. The van der Waals surface area contributed by atoms with Gasteiger partial charge >= 0.3 is 0 Å². The van der Waals surface area contributed by atoms with Crippen LogP contribution in [0.4, 0.5) is 0 Å². The summed E-state index contributed by atoms with van der Waals surface area (Å²) in [5, 5.41) is 4.29. The second-order valence-electron chi connectivity index (χ2n) is 8.93. The Morgan fingerprint density at radius 2 is 1.93 bits per heavy atom. The molecule has 1 unspecified atom stereocenters. The Morgan fingerprint density at radius 3 is 2.60 bits per heavy atom. The van der Waals surface area contributed by atoms with Crippen molar-refractivity contribution in [2.75, 3.05) is 13.7 Å². The normalized spacial score (nSPS) is 22.6. The van der Waals surface area contributed by atoms with Gasteiger partial charge in [-0.1, -0.05) is 32.6 Å². The van der Waals surface area contributed by atoms with Crippen molar-refractivity contribution in [2.45, 2.75) is 76.9 Å². The molecule has 0 bridgehead atoms. The SMILES string of the molecule is CCCN1C(=O)c2cc3ccc(OC)cc3n2CC1(C)C(=O)NC1CCCCCC1. The van der Waals surface area contributed by atoms with Crippen LogP contribution in [0.1, 0.15) is 69.3 Å². The molecule has 30 heavy (non-hydrogen) atoms. The van der Waals surface area contributed by atoms with Gasteiger partial charge in [0.25, 0.3) is 5.91 Å². The molecule has 1 fully saturated rings. The highest BCUT2D eigenvalue weighted by Gasteiger charge is 2.47. The van der Waals surface area contributed by atoms with Gasteiger partial charge in [0.1, 0.15) is 17.0 Å². The van der Waals surface area contributed by atoms with Crippen LogP contribution >= 0.6 is 0 Å². The molecule has 4 rings (SSSR count). The Balaban J connectivity index is 1.71. The lowest BCUT2D eigenvalue weighted by atomic mass is 9.93. The highest BCUT2D eigenvalue weighted by molar-refractivity contribution is 6.03. The van der Waals surface area contributed by atoms with Gasteiger partial charge in [-0.05, 0) is 44.4 Å². The minimum atomic E-state index is -0.915. The zero-order valence-corrected chi connectivity index (χ0v) is 18.4. The number of carbonyl (C=O) groups excluding carboxylic acids is 2. The van der Waals surface area contributed by atoms with E-state index >= 15 is 0 Å². The van der Waals surface area contributed by atoms with Gasteiger partial charge in [-0.2, -0.15) is 0 Å². The van der Waals surface area contributed by atoms with Gasteiger partial charge in [0.05, 0.1) is 19.2 Å². The van der Waals surface area contributed by atoms with E-state index in [-0.39, 0.29) is 17.9 Å². The molecule has 1 aliphatic carbocycles. The lowest BCUT2D eigenvalue weighted by molar-refractivity contribution is -0.133. The first-order valence-corrected chi connectivity index (χ1v) is 11.3. The number of hydrogen-bond donors (Lipinski definition) is 1. The molecular formula is C24H33N3O3. The lowest BCUT2D eigenvalue weighted by Crippen LogP contribution is -2.65. The van der Waals surface area contributed by atoms with Gasteiger partial charge in [0, 0.05) is 24.0 Å². The molecule has 6 heteroatoms. The van der Waals surface area contributed by atoms with Gasteiger partial charge in [-0.15, -0.1) is 0 Å². The van der Waals surface area contributed by atoms with E-state index in [1.165, 1.54) is 12.8 Å². The number of benzene rings is 1. The Hall–Kier alpha value is -2.50. The van der Waals surface area contributed by atoms with Crippen LogP contribution in [0.25, 0.3) is 10.9 Å². The summed E-state index contributed by atoms with van der Waals surface area (Å²) < 4.78 is 7.39. The molecule has 2 heterocycles. The first-order chi connectivity index (χ1) is 14.5. The lowest BCUT2D eigenvalue weighted by Gasteiger charge is -2.44. The molecule has 1 aliphatic heterocycles. The zero-order valence-electron chi connectivity index (χ0n) is 18.4. The monoisotopic (exact) mass is 411 g/mol. The second-order valence-corrected chi connectivity index (χ2v) is 8.93. The third-order valence-corrected chi connectivity index (χ3v) is 6.76. The number of methoxy groups -OCH3 is 1. The first kappa shape index (κ1) is 20.8. The summed E-state index contributed by atoms with van der Waals surface area (Å²) in [5.74, 6) is 0.639. The number of nitrogens with one attached hydrogen (secondary N) is 1.